The summed E-state index contributed by atoms with van der Waals surface area (Å²) in [7, 11) is 1.46. The SMILES string of the molecule is COc1ccc([C@H](O)[C@@H](C)CC/C=C/C(=O)NO)cc1O. The first-order valence-electron chi connectivity index (χ1n) is 6.65. The number of aliphatic hydroxyl groups is 1. The molecule has 21 heavy (non-hydrogen) atoms. The maximum absolute atomic E-state index is 10.8. The summed E-state index contributed by atoms with van der Waals surface area (Å²) < 4.78 is 4.95. The molecule has 1 rings (SSSR count). The van der Waals surface area contributed by atoms with E-state index in [1.54, 1.807) is 18.2 Å². The van der Waals surface area contributed by atoms with Gasteiger partial charge in [0.1, 0.15) is 0 Å². The van der Waals surface area contributed by atoms with Crippen molar-refractivity contribution in [2.45, 2.75) is 25.9 Å². The lowest BCUT2D eigenvalue weighted by Gasteiger charge is -2.19. The van der Waals surface area contributed by atoms with Crippen molar-refractivity contribution in [1.82, 2.24) is 5.48 Å². The third-order valence-electron chi connectivity index (χ3n) is 3.25. The Morgan fingerprint density at radius 3 is 2.76 bits per heavy atom. The molecule has 0 radical (unpaired) electrons. The molecule has 1 amide bonds. The van der Waals surface area contributed by atoms with Gasteiger partial charge in [0.05, 0.1) is 13.2 Å². The number of rotatable bonds is 7. The standard InChI is InChI=1S/C15H21NO5/c1-10(5-3-4-6-14(18)16-20)15(19)11-7-8-13(21-2)12(17)9-11/h4,6-10,15,17,19-20H,3,5H2,1-2H3,(H,16,18)/b6-4+/t10-,15+/m0/s1. The van der Waals surface area contributed by atoms with Gasteiger partial charge in [-0.3, -0.25) is 10.0 Å². The first-order chi connectivity index (χ1) is 9.99. The van der Waals surface area contributed by atoms with Gasteiger partial charge in [-0.1, -0.05) is 19.1 Å². The summed E-state index contributed by atoms with van der Waals surface area (Å²) in [4.78, 5) is 10.8. The first-order valence-corrected chi connectivity index (χ1v) is 6.65. The van der Waals surface area contributed by atoms with Crippen LogP contribution in [0, 0.1) is 5.92 Å². The van der Waals surface area contributed by atoms with E-state index >= 15 is 0 Å². The van der Waals surface area contributed by atoms with E-state index in [1.165, 1.54) is 24.7 Å². The topological polar surface area (TPSA) is 99.0 Å². The molecular formula is C15H21NO5. The number of carbonyl (C=O) groups is 1. The van der Waals surface area contributed by atoms with Gasteiger partial charge in [-0.15, -0.1) is 0 Å². The highest BCUT2D eigenvalue weighted by molar-refractivity contribution is 5.86. The van der Waals surface area contributed by atoms with Crippen LogP contribution in [0.3, 0.4) is 0 Å². The number of hydroxylamine groups is 1. The van der Waals surface area contributed by atoms with Gasteiger partial charge < -0.3 is 14.9 Å². The average molecular weight is 295 g/mol. The summed E-state index contributed by atoms with van der Waals surface area (Å²) in [5, 5.41) is 28.3. The molecule has 0 unspecified atom stereocenters. The van der Waals surface area contributed by atoms with Crippen molar-refractivity contribution in [1.29, 1.82) is 0 Å². The summed E-state index contributed by atoms with van der Waals surface area (Å²) in [6.07, 6.45) is 3.39. The fraction of sp³-hybridized carbons (Fsp3) is 0.400. The van der Waals surface area contributed by atoms with Crippen LogP contribution in [-0.2, 0) is 4.79 Å². The molecule has 0 saturated heterocycles. The van der Waals surface area contributed by atoms with Crippen molar-refractivity contribution >= 4 is 5.91 Å². The number of hydrogen-bond acceptors (Lipinski definition) is 5. The van der Waals surface area contributed by atoms with Gasteiger partial charge in [0.15, 0.2) is 11.5 Å². The lowest BCUT2D eigenvalue weighted by molar-refractivity contribution is -0.124. The summed E-state index contributed by atoms with van der Waals surface area (Å²) >= 11 is 0. The number of allylic oxidation sites excluding steroid dienone is 1. The van der Waals surface area contributed by atoms with Crippen LogP contribution in [0.5, 0.6) is 11.5 Å². The van der Waals surface area contributed by atoms with E-state index in [4.69, 9.17) is 9.94 Å². The molecule has 0 aliphatic rings. The van der Waals surface area contributed by atoms with E-state index in [-0.39, 0.29) is 11.7 Å². The Balaban J connectivity index is 2.57. The molecule has 0 aliphatic heterocycles. The Morgan fingerprint density at radius 2 is 2.19 bits per heavy atom. The van der Waals surface area contributed by atoms with Gasteiger partial charge in [0.25, 0.3) is 5.91 Å². The van der Waals surface area contributed by atoms with Crippen LogP contribution in [0.1, 0.15) is 31.4 Å². The maximum atomic E-state index is 10.8. The molecule has 2 atom stereocenters. The number of methoxy groups -OCH3 is 1. The van der Waals surface area contributed by atoms with Crippen molar-refractivity contribution < 1.29 is 25.0 Å². The van der Waals surface area contributed by atoms with E-state index in [0.29, 0.717) is 24.2 Å². The Kier molecular flexibility index (Phi) is 6.71. The number of carbonyl (C=O) groups excluding carboxylic acids is 1. The molecule has 6 heteroatoms. The van der Waals surface area contributed by atoms with Gasteiger partial charge in [-0.25, -0.2) is 5.48 Å². The summed E-state index contributed by atoms with van der Waals surface area (Å²) in [5.74, 6) is -0.291. The number of phenols is 1. The van der Waals surface area contributed by atoms with Crippen LogP contribution in [0.25, 0.3) is 0 Å². The predicted molar refractivity (Wildman–Crippen MR) is 77.1 cm³/mol. The summed E-state index contributed by atoms with van der Waals surface area (Å²) in [6, 6.07) is 4.79. The van der Waals surface area contributed by atoms with Crippen LogP contribution in [-0.4, -0.2) is 28.4 Å². The molecule has 116 valence electrons. The highest BCUT2D eigenvalue weighted by Crippen LogP contribution is 2.32. The van der Waals surface area contributed by atoms with Crippen molar-refractivity contribution in [2.24, 2.45) is 5.92 Å². The molecule has 0 fully saturated rings. The van der Waals surface area contributed by atoms with E-state index in [1.807, 2.05) is 6.92 Å². The zero-order valence-corrected chi connectivity index (χ0v) is 12.1. The second kappa shape index (κ2) is 8.28. The Morgan fingerprint density at radius 1 is 1.48 bits per heavy atom. The second-order valence-corrected chi connectivity index (χ2v) is 4.81. The Bertz CT molecular complexity index is 501. The van der Waals surface area contributed by atoms with E-state index in [0.717, 1.165) is 0 Å². The summed E-state index contributed by atoms with van der Waals surface area (Å²) in [5.41, 5.74) is 2.11. The minimum absolute atomic E-state index is 0.0132. The fourth-order valence-electron chi connectivity index (χ4n) is 1.96. The molecular weight excluding hydrogens is 274 g/mol. The van der Waals surface area contributed by atoms with Crippen LogP contribution in [0.4, 0.5) is 0 Å². The molecule has 0 saturated carbocycles. The van der Waals surface area contributed by atoms with Crippen molar-refractivity contribution in [2.75, 3.05) is 7.11 Å². The molecule has 0 aromatic heterocycles. The number of nitrogens with one attached hydrogen (secondary N) is 1. The molecule has 1 aromatic carbocycles. The number of aromatic hydroxyl groups is 1. The molecule has 0 spiro atoms. The number of aliphatic hydroxyl groups excluding tert-OH is 1. The number of hydrogen-bond donors (Lipinski definition) is 4. The normalized spacial score (nSPS) is 13.9. The monoisotopic (exact) mass is 295 g/mol. The van der Waals surface area contributed by atoms with Gasteiger partial charge >= 0.3 is 0 Å². The third-order valence-corrected chi connectivity index (χ3v) is 3.25. The quantitative estimate of drug-likeness (QED) is 0.350. The third kappa shape index (κ3) is 5.09. The van der Waals surface area contributed by atoms with Crippen molar-refractivity contribution in [3.63, 3.8) is 0 Å². The van der Waals surface area contributed by atoms with Crippen LogP contribution >= 0.6 is 0 Å². The van der Waals surface area contributed by atoms with Crippen LogP contribution < -0.4 is 10.2 Å². The Hall–Kier alpha value is -2.05. The highest BCUT2D eigenvalue weighted by atomic mass is 16.5. The van der Waals surface area contributed by atoms with E-state index in [9.17, 15) is 15.0 Å². The second-order valence-electron chi connectivity index (χ2n) is 4.81. The number of amides is 1. The summed E-state index contributed by atoms with van der Waals surface area (Å²) in [6.45, 7) is 1.88. The number of ether oxygens (including phenoxy) is 1. The average Bonchev–Trinajstić information content (AvgIpc) is 2.50. The smallest absolute Gasteiger partial charge is 0.267 e. The Labute approximate surface area is 123 Å². The van der Waals surface area contributed by atoms with Gasteiger partial charge in [-0.2, -0.15) is 0 Å². The molecule has 0 bridgehead atoms. The minimum atomic E-state index is -0.720. The van der Waals surface area contributed by atoms with Gasteiger partial charge in [-0.05, 0) is 36.5 Å². The van der Waals surface area contributed by atoms with Gasteiger partial charge in [0, 0.05) is 6.08 Å². The van der Waals surface area contributed by atoms with Crippen LogP contribution in [0.2, 0.25) is 0 Å². The van der Waals surface area contributed by atoms with Crippen molar-refractivity contribution in [3.05, 3.63) is 35.9 Å². The first kappa shape index (κ1) is 17.0. The molecule has 0 aliphatic carbocycles. The van der Waals surface area contributed by atoms with Gasteiger partial charge in [0.2, 0.25) is 0 Å². The fourth-order valence-corrected chi connectivity index (χ4v) is 1.96. The lowest BCUT2D eigenvalue weighted by Crippen LogP contribution is -2.15. The molecule has 0 heterocycles. The lowest BCUT2D eigenvalue weighted by atomic mass is 9.93. The zero-order chi connectivity index (χ0) is 15.8. The van der Waals surface area contributed by atoms with Crippen molar-refractivity contribution in [3.8, 4) is 11.5 Å². The van der Waals surface area contributed by atoms with E-state index < -0.39 is 12.0 Å². The van der Waals surface area contributed by atoms with E-state index in [2.05, 4.69) is 0 Å². The molecule has 4 N–H and O–H groups in total. The number of benzene rings is 1. The number of phenolic OH excluding ortho intramolecular Hbond substituents is 1. The largest absolute Gasteiger partial charge is 0.504 e. The minimum Gasteiger partial charge on any atom is -0.504 e. The molecule has 6 nitrogen and oxygen atoms in total. The highest BCUT2D eigenvalue weighted by Gasteiger charge is 2.17. The predicted octanol–water partition coefficient (Wildman–Crippen LogP) is 1.91. The zero-order valence-electron chi connectivity index (χ0n) is 12.1. The molecule has 1 aromatic rings. The van der Waals surface area contributed by atoms with Crippen LogP contribution in [0.15, 0.2) is 30.4 Å². The maximum Gasteiger partial charge on any atom is 0.267 e.